The molecule has 4 heteroatoms. The van der Waals surface area contributed by atoms with Crippen molar-refractivity contribution in [3.8, 4) is 38.6 Å². The van der Waals surface area contributed by atoms with Crippen LogP contribution in [0, 0.1) is 0 Å². The Kier molecular flexibility index (Phi) is 5.37. The lowest BCUT2D eigenvalue weighted by molar-refractivity contribution is 0.982. The third kappa shape index (κ3) is 3.70. The highest BCUT2D eigenvalue weighted by molar-refractivity contribution is 7.13. The van der Waals surface area contributed by atoms with E-state index in [1.807, 2.05) is 0 Å². The van der Waals surface area contributed by atoms with Gasteiger partial charge in [-0.25, -0.2) is 4.52 Å². The monoisotopic (exact) mass is 567 g/mol. The fraction of sp³-hybridized carbons (Fsp3) is 0. The van der Waals surface area contributed by atoms with Crippen molar-refractivity contribution in [1.29, 1.82) is 0 Å². The number of para-hydroxylation sites is 2. The molecule has 3 nitrogen and oxygen atoms in total. The highest BCUT2D eigenvalue weighted by Gasteiger charge is 2.22. The van der Waals surface area contributed by atoms with Gasteiger partial charge in [0.1, 0.15) is 5.69 Å². The molecule has 0 amide bonds. The number of benzene rings is 5. The standard InChI is InChI=1S/C39H25N3S/c1-3-12-26(13-4-1)37-38(40-42-35(36-20-11-23-43-36)25-27-14-7-8-17-30(27)39(37)42)28-21-22-34-32(24-28)31-18-9-10-19-33(31)41(34)29-15-5-2-6-16-29/h1-25H. The van der Waals surface area contributed by atoms with Crippen molar-refractivity contribution in [3.63, 3.8) is 0 Å². The van der Waals surface area contributed by atoms with Crippen LogP contribution in [0.4, 0.5) is 0 Å². The van der Waals surface area contributed by atoms with E-state index in [4.69, 9.17) is 5.10 Å². The van der Waals surface area contributed by atoms with Crippen LogP contribution in [0.2, 0.25) is 0 Å². The van der Waals surface area contributed by atoms with E-state index in [0.29, 0.717) is 0 Å². The summed E-state index contributed by atoms with van der Waals surface area (Å²) in [6.07, 6.45) is 0. The van der Waals surface area contributed by atoms with E-state index in [1.165, 1.54) is 37.5 Å². The molecule has 5 aromatic carbocycles. The molecule has 0 N–H and O–H groups in total. The third-order valence-electron chi connectivity index (χ3n) is 8.42. The summed E-state index contributed by atoms with van der Waals surface area (Å²) in [5.74, 6) is 0. The Balaban J connectivity index is 1.40. The van der Waals surface area contributed by atoms with Crippen LogP contribution in [0.25, 0.3) is 76.7 Å². The number of pyridine rings is 1. The number of nitrogens with zero attached hydrogens (tertiary/aromatic N) is 3. The van der Waals surface area contributed by atoms with E-state index in [-0.39, 0.29) is 0 Å². The molecule has 4 aromatic heterocycles. The zero-order valence-electron chi connectivity index (χ0n) is 23.2. The molecule has 0 unspecified atom stereocenters. The Morgan fingerprint density at radius 2 is 1.26 bits per heavy atom. The Bertz CT molecular complexity index is 2430. The molecule has 0 radical (unpaired) electrons. The topological polar surface area (TPSA) is 22.2 Å². The third-order valence-corrected chi connectivity index (χ3v) is 9.31. The lowest BCUT2D eigenvalue weighted by atomic mass is 9.96. The van der Waals surface area contributed by atoms with Gasteiger partial charge in [0.2, 0.25) is 0 Å². The van der Waals surface area contributed by atoms with Crippen molar-refractivity contribution in [1.82, 2.24) is 14.2 Å². The first-order valence-electron chi connectivity index (χ1n) is 14.5. The molecule has 9 rings (SSSR count). The van der Waals surface area contributed by atoms with E-state index in [0.717, 1.165) is 39.3 Å². The SMILES string of the molecule is c1ccc(-c2c(-c3ccc4c(c3)c3ccccc3n4-c3ccccc3)nn3c(-c4cccs4)cc4ccccc4c23)cc1. The minimum atomic E-state index is 0.985. The predicted octanol–water partition coefficient (Wildman–Crippen LogP) is 10.6. The van der Waals surface area contributed by atoms with Gasteiger partial charge in [-0.05, 0) is 58.8 Å². The van der Waals surface area contributed by atoms with E-state index < -0.39 is 0 Å². The maximum absolute atomic E-state index is 5.43. The normalized spacial score (nSPS) is 11.7. The van der Waals surface area contributed by atoms with Gasteiger partial charge < -0.3 is 4.57 Å². The summed E-state index contributed by atoms with van der Waals surface area (Å²) in [7, 11) is 0. The molecule has 4 heterocycles. The smallest absolute Gasteiger partial charge is 0.101 e. The number of hydrogen-bond donors (Lipinski definition) is 0. The second-order valence-corrected chi connectivity index (χ2v) is 11.8. The van der Waals surface area contributed by atoms with Crippen LogP contribution in [0.3, 0.4) is 0 Å². The Hall–Kier alpha value is -5.45. The molecule has 0 aliphatic carbocycles. The van der Waals surface area contributed by atoms with E-state index >= 15 is 0 Å². The average Bonchev–Trinajstić information content (AvgIpc) is 3.82. The number of rotatable bonds is 4. The second kappa shape index (κ2) is 9.55. The Labute approximate surface area is 252 Å². The number of fused-ring (bicyclic) bond motifs is 6. The van der Waals surface area contributed by atoms with Gasteiger partial charge in [-0.15, -0.1) is 11.3 Å². The van der Waals surface area contributed by atoms with Crippen LogP contribution in [0.5, 0.6) is 0 Å². The quantitative estimate of drug-likeness (QED) is 0.207. The fourth-order valence-electron chi connectivity index (χ4n) is 6.54. The van der Waals surface area contributed by atoms with Gasteiger partial charge in [-0.1, -0.05) is 103 Å². The summed E-state index contributed by atoms with van der Waals surface area (Å²) in [5, 5.41) is 12.4. The maximum atomic E-state index is 5.43. The molecule has 0 saturated heterocycles. The molecule has 43 heavy (non-hydrogen) atoms. The summed E-state index contributed by atoms with van der Waals surface area (Å²) in [4.78, 5) is 1.20. The van der Waals surface area contributed by atoms with Gasteiger partial charge in [0.15, 0.2) is 0 Å². The molecule has 0 atom stereocenters. The second-order valence-electron chi connectivity index (χ2n) is 10.9. The summed E-state index contributed by atoms with van der Waals surface area (Å²) < 4.78 is 4.53. The van der Waals surface area contributed by atoms with E-state index in [9.17, 15) is 0 Å². The van der Waals surface area contributed by atoms with Gasteiger partial charge in [-0.3, -0.25) is 0 Å². The van der Waals surface area contributed by atoms with Crippen molar-refractivity contribution in [2.24, 2.45) is 0 Å². The van der Waals surface area contributed by atoms with Crippen LogP contribution in [0.15, 0.2) is 151 Å². The van der Waals surface area contributed by atoms with E-state index in [1.54, 1.807) is 11.3 Å². The minimum Gasteiger partial charge on any atom is -0.309 e. The first-order chi connectivity index (χ1) is 21.3. The van der Waals surface area contributed by atoms with E-state index in [2.05, 4.69) is 160 Å². The number of aromatic nitrogens is 3. The molecule has 0 bridgehead atoms. The van der Waals surface area contributed by atoms with Crippen molar-refractivity contribution in [3.05, 3.63) is 151 Å². The molecular formula is C39H25N3S. The Morgan fingerprint density at radius 3 is 2.07 bits per heavy atom. The first kappa shape index (κ1) is 24.2. The fourth-order valence-corrected chi connectivity index (χ4v) is 7.27. The molecule has 0 aliphatic rings. The van der Waals surface area contributed by atoms with Crippen molar-refractivity contribution in [2.75, 3.05) is 0 Å². The van der Waals surface area contributed by atoms with Crippen molar-refractivity contribution < 1.29 is 0 Å². The number of hydrogen-bond acceptors (Lipinski definition) is 2. The first-order valence-corrected chi connectivity index (χ1v) is 15.4. The van der Waals surface area contributed by atoms with Crippen LogP contribution in [0.1, 0.15) is 0 Å². The largest absolute Gasteiger partial charge is 0.309 e. The highest BCUT2D eigenvalue weighted by Crippen LogP contribution is 2.43. The van der Waals surface area contributed by atoms with Gasteiger partial charge in [0, 0.05) is 33.0 Å². The predicted molar refractivity (Wildman–Crippen MR) is 181 cm³/mol. The zero-order chi connectivity index (χ0) is 28.3. The van der Waals surface area contributed by atoms with Gasteiger partial charge in [0.05, 0.1) is 27.1 Å². The lowest BCUT2D eigenvalue weighted by Crippen LogP contribution is -1.94. The maximum Gasteiger partial charge on any atom is 0.101 e. The molecule has 0 fully saturated rings. The molecule has 202 valence electrons. The zero-order valence-corrected chi connectivity index (χ0v) is 24.0. The lowest BCUT2D eigenvalue weighted by Gasteiger charge is -2.09. The van der Waals surface area contributed by atoms with Gasteiger partial charge in [0.25, 0.3) is 0 Å². The van der Waals surface area contributed by atoms with Crippen molar-refractivity contribution in [2.45, 2.75) is 0 Å². The molecule has 9 aromatic rings. The molecule has 0 aliphatic heterocycles. The molecular weight excluding hydrogens is 543 g/mol. The summed E-state index contributed by atoms with van der Waals surface area (Å²) in [5.41, 5.74) is 10.2. The summed E-state index contributed by atoms with van der Waals surface area (Å²) in [6.45, 7) is 0. The van der Waals surface area contributed by atoms with Crippen molar-refractivity contribution >= 4 is 49.4 Å². The van der Waals surface area contributed by atoms with Gasteiger partial charge in [-0.2, -0.15) is 5.10 Å². The summed E-state index contributed by atoms with van der Waals surface area (Å²) in [6, 6.07) is 52.1. The average molecular weight is 568 g/mol. The van der Waals surface area contributed by atoms with Crippen LogP contribution in [-0.2, 0) is 0 Å². The van der Waals surface area contributed by atoms with Gasteiger partial charge >= 0.3 is 0 Å². The van der Waals surface area contributed by atoms with Crippen LogP contribution >= 0.6 is 11.3 Å². The summed E-state index contributed by atoms with van der Waals surface area (Å²) >= 11 is 1.75. The van der Waals surface area contributed by atoms with Crippen LogP contribution in [-0.4, -0.2) is 14.2 Å². The van der Waals surface area contributed by atoms with Crippen LogP contribution < -0.4 is 0 Å². The number of thiophene rings is 1. The molecule has 0 saturated carbocycles. The molecule has 0 spiro atoms. The minimum absolute atomic E-state index is 0.985. The highest BCUT2D eigenvalue weighted by atomic mass is 32.1. The Morgan fingerprint density at radius 1 is 0.535 bits per heavy atom.